The van der Waals surface area contributed by atoms with Crippen molar-refractivity contribution in [3.8, 4) is 23.7 Å². The SMILES string of the molecule is C=CC#CC[N+](CC)(CC)CC#Cc1ccccc1. The van der Waals surface area contributed by atoms with Crippen LogP contribution >= 0.6 is 0 Å². The van der Waals surface area contributed by atoms with Crippen molar-refractivity contribution in [2.45, 2.75) is 13.8 Å². The number of rotatable bonds is 4. The Morgan fingerprint density at radius 3 is 2.26 bits per heavy atom. The molecule has 0 aliphatic carbocycles. The van der Waals surface area contributed by atoms with E-state index in [1.807, 2.05) is 30.3 Å². The molecule has 0 atom stereocenters. The Balaban J connectivity index is 2.74. The van der Waals surface area contributed by atoms with Crippen molar-refractivity contribution >= 4 is 0 Å². The third kappa shape index (κ3) is 5.04. The van der Waals surface area contributed by atoms with Crippen LogP contribution in [0, 0.1) is 23.7 Å². The Morgan fingerprint density at radius 2 is 1.68 bits per heavy atom. The lowest BCUT2D eigenvalue weighted by Gasteiger charge is -2.32. The van der Waals surface area contributed by atoms with Gasteiger partial charge in [-0.1, -0.05) is 36.6 Å². The van der Waals surface area contributed by atoms with E-state index >= 15 is 0 Å². The van der Waals surface area contributed by atoms with Crippen molar-refractivity contribution in [1.82, 2.24) is 0 Å². The highest BCUT2D eigenvalue weighted by Gasteiger charge is 2.20. The molecule has 1 nitrogen and oxygen atoms in total. The molecule has 0 saturated carbocycles. The zero-order chi connectivity index (χ0) is 14.0. The number of hydrogen-bond donors (Lipinski definition) is 0. The molecule has 0 amide bonds. The maximum Gasteiger partial charge on any atom is 0.142 e. The second-order valence-electron chi connectivity index (χ2n) is 4.48. The largest absolute Gasteiger partial charge is 0.304 e. The van der Waals surface area contributed by atoms with Crippen molar-refractivity contribution in [2.24, 2.45) is 0 Å². The molecule has 1 aromatic carbocycles. The van der Waals surface area contributed by atoms with Gasteiger partial charge < -0.3 is 4.48 Å². The van der Waals surface area contributed by atoms with Crippen LogP contribution in [0.5, 0.6) is 0 Å². The molecule has 19 heavy (non-hydrogen) atoms. The van der Waals surface area contributed by atoms with Crippen LogP contribution in [0.4, 0.5) is 0 Å². The molecule has 0 aromatic heterocycles. The molecule has 0 heterocycles. The summed E-state index contributed by atoms with van der Waals surface area (Å²) in [5.41, 5.74) is 1.07. The van der Waals surface area contributed by atoms with Crippen molar-refractivity contribution < 1.29 is 4.48 Å². The third-order valence-corrected chi connectivity index (χ3v) is 3.38. The zero-order valence-electron chi connectivity index (χ0n) is 11.9. The number of benzene rings is 1. The van der Waals surface area contributed by atoms with Crippen LogP contribution in [-0.2, 0) is 0 Å². The first-order valence-electron chi connectivity index (χ1n) is 6.74. The van der Waals surface area contributed by atoms with Gasteiger partial charge in [0.15, 0.2) is 0 Å². The fourth-order valence-corrected chi connectivity index (χ4v) is 1.84. The summed E-state index contributed by atoms with van der Waals surface area (Å²) in [7, 11) is 0. The monoisotopic (exact) mass is 252 g/mol. The Bertz CT molecular complexity index is 501. The molecule has 0 fully saturated rings. The van der Waals surface area contributed by atoms with Gasteiger partial charge in [0.05, 0.1) is 13.1 Å². The number of quaternary nitrogens is 1. The van der Waals surface area contributed by atoms with E-state index in [4.69, 9.17) is 0 Å². The first-order chi connectivity index (χ1) is 9.26. The fourth-order valence-electron chi connectivity index (χ4n) is 1.84. The van der Waals surface area contributed by atoms with Crippen LogP contribution in [0.1, 0.15) is 19.4 Å². The minimum Gasteiger partial charge on any atom is -0.304 e. The van der Waals surface area contributed by atoms with Crippen molar-refractivity contribution in [3.05, 3.63) is 48.6 Å². The van der Waals surface area contributed by atoms with Gasteiger partial charge in [-0.25, -0.2) is 0 Å². The Hall–Kier alpha value is -1.96. The molecule has 0 aliphatic rings. The summed E-state index contributed by atoms with van der Waals surface area (Å²) in [6.45, 7) is 11.8. The van der Waals surface area contributed by atoms with E-state index < -0.39 is 0 Å². The number of hydrogen-bond acceptors (Lipinski definition) is 0. The molecule has 0 aliphatic heterocycles. The highest BCUT2D eigenvalue weighted by atomic mass is 15.3. The molecule has 98 valence electrons. The van der Waals surface area contributed by atoms with Gasteiger partial charge in [-0.2, -0.15) is 0 Å². The van der Waals surface area contributed by atoms with E-state index in [2.05, 4.69) is 44.1 Å². The highest BCUT2D eigenvalue weighted by molar-refractivity contribution is 5.33. The number of nitrogens with zero attached hydrogens (tertiary/aromatic N) is 1. The molecular weight excluding hydrogens is 230 g/mol. The van der Waals surface area contributed by atoms with Crippen LogP contribution in [-0.4, -0.2) is 30.7 Å². The molecule has 0 radical (unpaired) electrons. The molecule has 0 saturated heterocycles. The zero-order valence-corrected chi connectivity index (χ0v) is 11.9. The van der Waals surface area contributed by atoms with Crippen molar-refractivity contribution in [3.63, 3.8) is 0 Å². The lowest BCUT2D eigenvalue weighted by molar-refractivity contribution is -0.911. The second-order valence-corrected chi connectivity index (χ2v) is 4.48. The Labute approximate surface area is 117 Å². The maximum absolute atomic E-state index is 3.63. The van der Waals surface area contributed by atoms with Crippen LogP contribution < -0.4 is 0 Å². The van der Waals surface area contributed by atoms with Gasteiger partial charge in [0, 0.05) is 5.56 Å². The van der Waals surface area contributed by atoms with Gasteiger partial charge in [-0.05, 0) is 43.9 Å². The van der Waals surface area contributed by atoms with Gasteiger partial charge in [0.2, 0.25) is 0 Å². The maximum atomic E-state index is 3.63. The lowest BCUT2D eigenvalue weighted by atomic mass is 10.2. The summed E-state index contributed by atoms with van der Waals surface area (Å²) in [5, 5.41) is 0. The molecule has 0 unspecified atom stereocenters. The van der Waals surface area contributed by atoms with Crippen LogP contribution in [0.2, 0.25) is 0 Å². The fraction of sp³-hybridized carbons (Fsp3) is 0.333. The summed E-state index contributed by atoms with van der Waals surface area (Å²) in [6.07, 6.45) is 1.65. The van der Waals surface area contributed by atoms with Crippen LogP contribution in [0.3, 0.4) is 0 Å². The molecule has 1 heteroatoms. The third-order valence-electron chi connectivity index (χ3n) is 3.38. The standard InChI is InChI=1S/C18H22N/c1-4-7-11-16-19(5-2,6-3)17-12-15-18-13-9-8-10-14-18/h4,8-10,13-14H,1,5-6,16-17H2,2-3H3/q+1. The van der Waals surface area contributed by atoms with E-state index in [9.17, 15) is 0 Å². The normalized spacial score (nSPS) is 9.79. The van der Waals surface area contributed by atoms with Gasteiger partial charge in [0.25, 0.3) is 0 Å². The van der Waals surface area contributed by atoms with Crippen LogP contribution in [0.15, 0.2) is 43.0 Å². The van der Waals surface area contributed by atoms with Gasteiger partial charge >= 0.3 is 0 Å². The van der Waals surface area contributed by atoms with E-state index in [1.54, 1.807) is 6.08 Å². The van der Waals surface area contributed by atoms with E-state index in [0.29, 0.717) is 0 Å². The quantitative estimate of drug-likeness (QED) is 0.570. The minimum atomic E-state index is 0.836. The topological polar surface area (TPSA) is 0 Å². The van der Waals surface area contributed by atoms with Crippen molar-refractivity contribution in [1.29, 1.82) is 0 Å². The summed E-state index contributed by atoms with van der Waals surface area (Å²) in [6, 6.07) is 10.1. The number of allylic oxidation sites excluding steroid dienone is 1. The molecule has 0 N–H and O–H groups in total. The van der Waals surface area contributed by atoms with Gasteiger partial charge in [-0.15, -0.1) is 0 Å². The smallest absolute Gasteiger partial charge is 0.142 e. The summed E-state index contributed by atoms with van der Waals surface area (Å²) < 4.78 is 0.917. The lowest BCUT2D eigenvalue weighted by Crippen LogP contribution is -2.48. The van der Waals surface area contributed by atoms with Gasteiger partial charge in [0.1, 0.15) is 13.1 Å². The second kappa shape index (κ2) is 8.20. The first kappa shape index (κ1) is 15.1. The Morgan fingerprint density at radius 1 is 1.05 bits per heavy atom. The van der Waals surface area contributed by atoms with Crippen LogP contribution in [0.25, 0.3) is 0 Å². The summed E-state index contributed by atoms with van der Waals surface area (Å²) in [5.74, 6) is 12.6. The Kier molecular flexibility index (Phi) is 6.51. The molecular formula is C18H22N+. The predicted octanol–water partition coefficient (Wildman–Crippen LogP) is 3.08. The van der Waals surface area contributed by atoms with E-state index in [1.165, 1.54) is 0 Å². The average molecular weight is 252 g/mol. The van der Waals surface area contributed by atoms with Crippen molar-refractivity contribution in [2.75, 3.05) is 26.2 Å². The molecule has 1 rings (SSSR count). The van der Waals surface area contributed by atoms with E-state index in [-0.39, 0.29) is 0 Å². The predicted molar refractivity (Wildman–Crippen MR) is 82.4 cm³/mol. The molecule has 0 bridgehead atoms. The summed E-state index contributed by atoms with van der Waals surface area (Å²) in [4.78, 5) is 0. The minimum absolute atomic E-state index is 0.836. The van der Waals surface area contributed by atoms with E-state index in [0.717, 1.165) is 36.2 Å². The molecule has 1 aromatic rings. The summed E-state index contributed by atoms with van der Waals surface area (Å²) >= 11 is 0. The average Bonchev–Trinajstić information content (AvgIpc) is 2.47. The van der Waals surface area contributed by atoms with Gasteiger partial charge in [-0.3, -0.25) is 0 Å². The molecule has 0 spiro atoms. The highest BCUT2D eigenvalue weighted by Crippen LogP contribution is 2.04. The first-order valence-corrected chi connectivity index (χ1v) is 6.74.